The van der Waals surface area contributed by atoms with E-state index in [9.17, 15) is 4.79 Å². The minimum absolute atomic E-state index is 0.0419. The summed E-state index contributed by atoms with van der Waals surface area (Å²) in [6.45, 7) is 2.50. The maximum absolute atomic E-state index is 11.5. The molecule has 0 saturated carbocycles. The third kappa shape index (κ3) is 4.18. The van der Waals surface area contributed by atoms with Crippen LogP contribution in [0.25, 0.3) is 0 Å². The smallest absolute Gasteiger partial charge is 0.263 e. The normalized spacial score (nSPS) is 10.6. The van der Waals surface area contributed by atoms with E-state index in [1.165, 1.54) is 6.20 Å². The van der Waals surface area contributed by atoms with Crippen molar-refractivity contribution < 1.29 is 4.79 Å². The summed E-state index contributed by atoms with van der Waals surface area (Å²) in [5.74, 6) is -0.373. The minimum atomic E-state index is -0.373. The first-order valence-corrected chi connectivity index (χ1v) is 5.68. The molecule has 0 unspecified atom stereocenters. The summed E-state index contributed by atoms with van der Waals surface area (Å²) in [4.78, 5) is 11.5. The summed E-state index contributed by atoms with van der Waals surface area (Å²) >= 11 is 0. The van der Waals surface area contributed by atoms with E-state index in [2.05, 4.69) is 10.6 Å². The first-order chi connectivity index (χ1) is 8.67. The second-order valence-corrected chi connectivity index (χ2v) is 3.69. The van der Waals surface area contributed by atoms with Gasteiger partial charge in [-0.15, -0.1) is 0 Å². The Balaban J connectivity index is 2.66. The van der Waals surface area contributed by atoms with Gasteiger partial charge in [0.05, 0.1) is 0 Å². The molecule has 1 rings (SSSR count). The minimum Gasteiger partial charge on any atom is -0.399 e. The van der Waals surface area contributed by atoms with Crippen LogP contribution in [0.5, 0.6) is 0 Å². The van der Waals surface area contributed by atoms with Gasteiger partial charge in [0.15, 0.2) is 0 Å². The van der Waals surface area contributed by atoms with Crippen molar-refractivity contribution in [3.63, 3.8) is 0 Å². The topological polar surface area (TPSA) is 90.9 Å². The Kier molecular flexibility index (Phi) is 5.26. The van der Waals surface area contributed by atoms with Gasteiger partial charge in [-0.3, -0.25) is 4.79 Å². The lowest BCUT2D eigenvalue weighted by molar-refractivity contribution is -0.117. The maximum Gasteiger partial charge on any atom is 0.263 e. The monoisotopic (exact) mass is 244 g/mol. The van der Waals surface area contributed by atoms with Crippen LogP contribution < -0.4 is 16.4 Å². The van der Waals surface area contributed by atoms with E-state index in [-0.39, 0.29) is 11.5 Å². The van der Waals surface area contributed by atoms with Crippen LogP contribution in [0.3, 0.4) is 0 Å². The molecule has 0 fully saturated rings. The number of carbonyl (C=O) groups excluding carboxylic acids is 1. The molecule has 0 aromatic heterocycles. The van der Waals surface area contributed by atoms with E-state index in [1.54, 1.807) is 24.3 Å². The van der Waals surface area contributed by atoms with Gasteiger partial charge in [0.1, 0.15) is 11.6 Å². The van der Waals surface area contributed by atoms with E-state index in [0.717, 1.165) is 12.1 Å². The number of nitrogens with one attached hydrogen (secondary N) is 2. The maximum atomic E-state index is 11.5. The number of nitrogen functional groups attached to an aromatic ring is 1. The van der Waals surface area contributed by atoms with Gasteiger partial charge in [0, 0.05) is 24.1 Å². The van der Waals surface area contributed by atoms with Crippen LogP contribution in [0, 0.1) is 11.3 Å². The van der Waals surface area contributed by atoms with Gasteiger partial charge < -0.3 is 16.4 Å². The molecule has 1 amide bonds. The molecule has 0 bridgehead atoms. The van der Waals surface area contributed by atoms with Crippen molar-refractivity contribution in [3.8, 4) is 6.07 Å². The zero-order valence-electron chi connectivity index (χ0n) is 10.2. The molecule has 1 aromatic carbocycles. The molecule has 0 saturated heterocycles. The van der Waals surface area contributed by atoms with E-state index < -0.39 is 0 Å². The second-order valence-electron chi connectivity index (χ2n) is 3.69. The number of hydrogen-bond donors (Lipinski definition) is 3. The second kappa shape index (κ2) is 6.97. The third-order valence-electron chi connectivity index (χ3n) is 2.19. The van der Waals surface area contributed by atoms with Crippen LogP contribution >= 0.6 is 0 Å². The molecule has 0 aliphatic carbocycles. The molecule has 0 radical (unpaired) electrons. The SMILES string of the molecule is CCCNC(=O)/C(C#N)=C\Nc1ccc(N)cc1. The number of amides is 1. The quantitative estimate of drug-likeness (QED) is 0.417. The number of anilines is 2. The predicted molar refractivity (Wildman–Crippen MR) is 71.5 cm³/mol. The fourth-order valence-corrected chi connectivity index (χ4v) is 1.22. The first kappa shape index (κ1) is 13.6. The van der Waals surface area contributed by atoms with E-state index in [0.29, 0.717) is 12.2 Å². The zero-order valence-corrected chi connectivity index (χ0v) is 10.2. The average Bonchev–Trinajstić information content (AvgIpc) is 2.39. The molecule has 0 aliphatic heterocycles. The molecule has 18 heavy (non-hydrogen) atoms. The van der Waals surface area contributed by atoms with Gasteiger partial charge in [-0.2, -0.15) is 5.26 Å². The van der Waals surface area contributed by atoms with Crippen molar-refractivity contribution in [1.29, 1.82) is 5.26 Å². The highest BCUT2D eigenvalue weighted by Gasteiger charge is 2.06. The van der Waals surface area contributed by atoms with E-state index >= 15 is 0 Å². The molecule has 0 aliphatic rings. The summed E-state index contributed by atoms with van der Waals surface area (Å²) in [7, 11) is 0. The van der Waals surface area contributed by atoms with Crippen molar-refractivity contribution in [2.45, 2.75) is 13.3 Å². The van der Waals surface area contributed by atoms with Gasteiger partial charge in [-0.05, 0) is 30.7 Å². The molecule has 4 N–H and O–H groups in total. The lowest BCUT2D eigenvalue weighted by Gasteiger charge is -2.04. The van der Waals surface area contributed by atoms with Crippen molar-refractivity contribution >= 4 is 17.3 Å². The lowest BCUT2D eigenvalue weighted by atomic mass is 10.2. The van der Waals surface area contributed by atoms with E-state index in [4.69, 9.17) is 11.0 Å². The Morgan fingerprint density at radius 1 is 1.44 bits per heavy atom. The number of benzene rings is 1. The molecule has 94 valence electrons. The molecular weight excluding hydrogens is 228 g/mol. The number of rotatable bonds is 5. The van der Waals surface area contributed by atoms with Crippen LogP contribution in [-0.4, -0.2) is 12.5 Å². The number of nitrogens with zero attached hydrogens (tertiary/aromatic N) is 1. The van der Waals surface area contributed by atoms with Crippen molar-refractivity contribution in [1.82, 2.24) is 5.32 Å². The van der Waals surface area contributed by atoms with Crippen molar-refractivity contribution in [2.24, 2.45) is 0 Å². The summed E-state index contributed by atoms with van der Waals surface area (Å²) in [5, 5.41) is 14.4. The largest absolute Gasteiger partial charge is 0.399 e. The first-order valence-electron chi connectivity index (χ1n) is 5.68. The molecule has 1 aromatic rings. The van der Waals surface area contributed by atoms with Crippen LogP contribution in [0.4, 0.5) is 11.4 Å². The standard InChI is InChI=1S/C13H16N4O/c1-2-7-16-13(18)10(8-14)9-17-12-5-3-11(15)4-6-12/h3-6,9,17H,2,7,15H2,1H3,(H,16,18)/b10-9-. The fourth-order valence-electron chi connectivity index (χ4n) is 1.22. The number of carbonyl (C=O) groups is 1. The molecule has 0 spiro atoms. The van der Waals surface area contributed by atoms with Gasteiger partial charge >= 0.3 is 0 Å². The van der Waals surface area contributed by atoms with Crippen LogP contribution in [0.1, 0.15) is 13.3 Å². The Morgan fingerprint density at radius 3 is 2.67 bits per heavy atom. The summed E-state index contributed by atoms with van der Waals surface area (Å²) in [6.07, 6.45) is 2.21. The molecule has 0 atom stereocenters. The fraction of sp³-hybridized carbons (Fsp3) is 0.231. The third-order valence-corrected chi connectivity index (χ3v) is 2.19. The zero-order chi connectivity index (χ0) is 13.4. The molecule has 5 heteroatoms. The molecule has 0 heterocycles. The Labute approximate surface area is 106 Å². The Morgan fingerprint density at radius 2 is 2.11 bits per heavy atom. The predicted octanol–water partition coefficient (Wildman–Crippen LogP) is 1.61. The lowest BCUT2D eigenvalue weighted by Crippen LogP contribution is -2.25. The Bertz CT molecular complexity index is 471. The van der Waals surface area contributed by atoms with Crippen LogP contribution in [0.2, 0.25) is 0 Å². The molecular formula is C13H16N4O. The highest BCUT2D eigenvalue weighted by atomic mass is 16.1. The highest BCUT2D eigenvalue weighted by molar-refractivity contribution is 5.97. The Hall–Kier alpha value is -2.48. The number of nitriles is 1. The van der Waals surface area contributed by atoms with Crippen LogP contribution in [0.15, 0.2) is 36.0 Å². The van der Waals surface area contributed by atoms with Gasteiger partial charge in [0.25, 0.3) is 5.91 Å². The van der Waals surface area contributed by atoms with Crippen molar-refractivity contribution in [3.05, 3.63) is 36.0 Å². The van der Waals surface area contributed by atoms with Crippen molar-refractivity contribution in [2.75, 3.05) is 17.6 Å². The van der Waals surface area contributed by atoms with Gasteiger partial charge in [0.2, 0.25) is 0 Å². The van der Waals surface area contributed by atoms with E-state index in [1.807, 2.05) is 13.0 Å². The molecule has 5 nitrogen and oxygen atoms in total. The highest BCUT2D eigenvalue weighted by Crippen LogP contribution is 2.10. The summed E-state index contributed by atoms with van der Waals surface area (Å²) in [5.41, 5.74) is 7.02. The number of nitrogens with two attached hydrogens (primary N) is 1. The van der Waals surface area contributed by atoms with Gasteiger partial charge in [-0.25, -0.2) is 0 Å². The van der Waals surface area contributed by atoms with Gasteiger partial charge in [-0.1, -0.05) is 6.92 Å². The van der Waals surface area contributed by atoms with Crippen LogP contribution in [-0.2, 0) is 4.79 Å². The average molecular weight is 244 g/mol. The summed E-state index contributed by atoms with van der Waals surface area (Å²) < 4.78 is 0. The summed E-state index contributed by atoms with van der Waals surface area (Å²) in [6, 6.07) is 8.86. The number of hydrogen-bond acceptors (Lipinski definition) is 4.